The van der Waals surface area contributed by atoms with E-state index in [4.69, 9.17) is 0 Å². The molecule has 0 saturated carbocycles. The van der Waals surface area contributed by atoms with Crippen molar-refractivity contribution in [2.75, 3.05) is 6.54 Å². The molecule has 114 valence electrons. The van der Waals surface area contributed by atoms with E-state index in [1.807, 2.05) is 18.7 Å². The third kappa shape index (κ3) is 2.27. The van der Waals surface area contributed by atoms with Crippen molar-refractivity contribution in [1.29, 1.82) is 0 Å². The lowest BCUT2D eigenvalue weighted by molar-refractivity contribution is -0.153. The predicted octanol–water partition coefficient (Wildman–Crippen LogP) is 2.64. The Balaban J connectivity index is 1.95. The molecule has 1 aliphatic heterocycles. The van der Waals surface area contributed by atoms with Gasteiger partial charge in [0, 0.05) is 4.88 Å². The van der Waals surface area contributed by atoms with E-state index in [1.165, 1.54) is 10.4 Å². The van der Waals surface area contributed by atoms with Gasteiger partial charge in [-0.05, 0) is 49.1 Å². The predicted molar refractivity (Wildman–Crippen MR) is 83.2 cm³/mol. The highest BCUT2D eigenvalue weighted by molar-refractivity contribution is 7.10. The Labute approximate surface area is 129 Å². The van der Waals surface area contributed by atoms with E-state index in [9.17, 15) is 9.59 Å². The molecule has 1 N–H and O–H groups in total. The number of hydrogen-bond donors (Lipinski definition) is 1. The molecule has 1 fully saturated rings. The molecule has 5 heteroatoms. The van der Waals surface area contributed by atoms with E-state index >= 15 is 0 Å². The van der Waals surface area contributed by atoms with Crippen LogP contribution in [0.2, 0.25) is 0 Å². The second kappa shape index (κ2) is 5.44. The summed E-state index contributed by atoms with van der Waals surface area (Å²) in [6, 6.07) is 2.21. The summed E-state index contributed by atoms with van der Waals surface area (Å²) in [4.78, 5) is 28.4. The first-order valence-corrected chi connectivity index (χ1v) is 8.67. The third-order valence-electron chi connectivity index (χ3n) is 4.97. The molecule has 0 bridgehead atoms. The Morgan fingerprint density at radius 2 is 2.14 bits per heavy atom. The van der Waals surface area contributed by atoms with Gasteiger partial charge in [0.1, 0.15) is 12.1 Å². The largest absolute Gasteiger partial charge is 0.340 e. The van der Waals surface area contributed by atoms with E-state index < -0.39 is 5.54 Å². The highest BCUT2D eigenvalue weighted by Gasteiger charge is 2.46. The summed E-state index contributed by atoms with van der Waals surface area (Å²) in [5, 5.41) is 5.04. The minimum atomic E-state index is -0.705. The summed E-state index contributed by atoms with van der Waals surface area (Å²) in [6.45, 7) is 4.14. The third-order valence-corrected chi connectivity index (χ3v) is 5.96. The van der Waals surface area contributed by atoms with Crippen molar-refractivity contribution < 1.29 is 9.59 Å². The molecule has 1 aromatic heterocycles. The molecule has 1 aromatic rings. The zero-order chi connectivity index (χ0) is 15.0. The zero-order valence-corrected chi connectivity index (χ0v) is 13.5. The fraction of sp³-hybridized carbons (Fsp3) is 0.625. The summed E-state index contributed by atoms with van der Waals surface area (Å²) < 4.78 is 0. The van der Waals surface area contributed by atoms with E-state index in [-0.39, 0.29) is 24.4 Å². The summed E-state index contributed by atoms with van der Waals surface area (Å²) in [6.07, 6.45) is 4.45. The first kappa shape index (κ1) is 14.6. The lowest BCUT2D eigenvalue weighted by Crippen LogP contribution is -2.66. The lowest BCUT2D eigenvalue weighted by atomic mass is 9.85. The number of carbonyl (C=O) groups is 2. The van der Waals surface area contributed by atoms with Crippen LogP contribution in [0.15, 0.2) is 11.4 Å². The SMILES string of the molecule is CCC1(CC)NC(=O)CN(C2CCCc3sccc32)C1=O. The Morgan fingerprint density at radius 3 is 2.86 bits per heavy atom. The highest BCUT2D eigenvalue weighted by Crippen LogP contribution is 2.39. The number of nitrogens with one attached hydrogen (secondary N) is 1. The van der Waals surface area contributed by atoms with Gasteiger partial charge < -0.3 is 10.2 Å². The van der Waals surface area contributed by atoms with E-state index in [2.05, 4.69) is 16.8 Å². The van der Waals surface area contributed by atoms with Crippen LogP contribution in [0.25, 0.3) is 0 Å². The van der Waals surface area contributed by atoms with Gasteiger partial charge in [-0.25, -0.2) is 0 Å². The Kier molecular flexibility index (Phi) is 3.78. The monoisotopic (exact) mass is 306 g/mol. The number of piperazine rings is 1. The van der Waals surface area contributed by atoms with Gasteiger partial charge in [0.25, 0.3) is 0 Å². The number of aryl methyl sites for hydroxylation is 1. The standard InChI is InChI=1S/C16H22N2O2S/c1-3-16(4-2)15(20)18(10-14(19)17-16)12-6-5-7-13-11(12)8-9-21-13/h8-9,12H,3-7,10H2,1-2H3,(H,17,19). The highest BCUT2D eigenvalue weighted by atomic mass is 32.1. The zero-order valence-electron chi connectivity index (χ0n) is 12.6. The molecule has 4 nitrogen and oxygen atoms in total. The number of amides is 2. The van der Waals surface area contributed by atoms with Crippen molar-refractivity contribution in [2.24, 2.45) is 0 Å². The van der Waals surface area contributed by atoms with Crippen molar-refractivity contribution in [3.63, 3.8) is 0 Å². The second-order valence-electron chi connectivity index (χ2n) is 5.98. The first-order valence-electron chi connectivity index (χ1n) is 7.79. The molecule has 1 saturated heterocycles. The molecule has 3 rings (SSSR count). The maximum atomic E-state index is 13.0. The lowest BCUT2D eigenvalue weighted by Gasteiger charge is -2.45. The number of hydrogen-bond acceptors (Lipinski definition) is 3. The average molecular weight is 306 g/mol. The fourth-order valence-corrected chi connectivity index (χ4v) is 4.61. The molecule has 0 aromatic carbocycles. The van der Waals surface area contributed by atoms with Crippen LogP contribution in [0.1, 0.15) is 56.0 Å². The molecule has 1 aliphatic carbocycles. The van der Waals surface area contributed by atoms with Crippen LogP contribution in [0.4, 0.5) is 0 Å². The van der Waals surface area contributed by atoms with Crippen LogP contribution in [0, 0.1) is 0 Å². The molecule has 2 aliphatic rings. The molecule has 1 unspecified atom stereocenters. The van der Waals surface area contributed by atoms with Crippen molar-refractivity contribution in [1.82, 2.24) is 10.2 Å². The van der Waals surface area contributed by atoms with Crippen LogP contribution in [0.5, 0.6) is 0 Å². The molecule has 1 atom stereocenters. The summed E-state index contributed by atoms with van der Waals surface area (Å²) in [7, 11) is 0. The summed E-state index contributed by atoms with van der Waals surface area (Å²) >= 11 is 1.77. The normalized spacial score (nSPS) is 24.7. The summed E-state index contributed by atoms with van der Waals surface area (Å²) in [5.41, 5.74) is 0.554. The van der Waals surface area contributed by atoms with Crippen LogP contribution in [0.3, 0.4) is 0 Å². The molecule has 21 heavy (non-hydrogen) atoms. The minimum Gasteiger partial charge on any atom is -0.340 e. The molecular formula is C16H22N2O2S. The molecule has 2 amide bonds. The Bertz CT molecular complexity index is 562. The van der Waals surface area contributed by atoms with Gasteiger partial charge in [-0.15, -0.1) is 11.3 Å². The second-order valence-corrected chi connectivity index (χ2v) is 6.98. The van der Waals surface area contributed by atoms with Gasteiger partial charge in [-0.3, -0.25) is 9.59 Å². The molecular weight excluding hydrogens is 284 g/mol. The van der Waals surface area contributed by atoms with Gasteiger partial charge in [-0.2, -0.15) is 0 Å². The average Bonchev–Trinajstić information content (AvgIpc) is 2.98. The first-order chi connectivity index (χ1) is 10.1. The number of carbonyl (C=O) groups excluding carboxylic acids is 2. The van der Waals surface area contributed by atoms with Gasteiger partial charge >= 0.3 is 0 Å². The van der Waals surface area contributed by atoms with E-state index in [0.29, 0.717) is 12.8 Å². The van der Waals surface area contributed by atoms with Gasteiger partial charge in [-0.1, -0.05) is 13.8 Å². The fourth-order valence-electron chi connectivity index (χ4n) is 3.63. The molecule has 2 heterocycles. The Morgan fingerprint density at radius 1 is 1.38 bits per heavy atom. The quantitative estimate of drug-likeness (QED) is 0.933. The number of rotatable bonds is 3. The topological polar surface area (TPSA) is 49.4 Å². The number of fused-ring (bicyclic) bond motifs is 1. The maximum absolute atomic E-state index is 13.0. The van der Waals surface area contributed by atoms with Crippen molar-refractivity contribution >= 4 is 23.2 Å². The molecule has 0 spiro atoms. The van der Waals surface area contributed by atoms with Crippen LogP contribution in [-0.4, -0.2) is 28.8 Å². The van der Waals surface area contributed by atoms with Crippen molar-refractivity contribution in [3.8, 4) is 0 Å². The van der Waals surface area contributed by atoms with E-state index in [0.717, 1.165) is 19.3 Å². The minimum absolute atomic E-state index is 0.0272. The van der Waals surface area contributed by atoms with E-state index in [1.54, 1.807) is 11.3 Å². The van der Waals surface area contributed by atoms with Gasteiger partial charge in [0.05, 0.1) is 6.04 Å². The van der Waals surface area contributed by atoms with Crippen LogP contribution in [-0.2, 0) is 16.0 Å². The van der Waals surface area contributed by atoms with Crippen LogP contribution < -0.4 is 5.32 Å². The smallest absolute Gasteiger partial charge is 0.249 e. The Hall–Kier alpha value is -1.36. The number of thiophene rings is 1. The van der Waals surface area contributed by atoms with Crippen LogP contribution >= 0.6 is 11.3 Å². The van der Waals surface area contributed by atoms with Gasteiger partial charge in [0.2, 0.25) is 11.8 Å². The number of nitrogens with zero attached hydrogens (tertiary/aromatic N) is 1. The van der Waals surface area contributed by atoms with Gasteiger partial charge in [0.15, 0.2) is 0 Å². The molecule has 0 radical (unpaired) electrons. The van der Waals surface area contributed by atoms with Crippen molar-refractivity contribution in [2.45, 2.75) is 57.5 Å². The van der Waals surface area contributed by atoms with Crippen molar-refractivity contribution in [3.05, 3.63) is 21.9 Å². The summed E-state index contributed by atoms with van der Waals surface area (Å²) in [5.74, 6) is 0.0665. The maximum Gasteiger partial charge on any atom is 0.249 e.